The van der Waals surface area contributed by atoms with E-state index < -0.39 is 0 Å². The van der Waals surface area contributed by atoms with Crippen molar-refractivity contribution in [3.05, 3.63) is 52.3 Å². The number of rotatable bonds is 6. The molecular weight excluding hydrogens is 281 g/mol. The van der Waals surface area contributed by atoms with Crippen molar-refractivity contribution in [3.8, 4) is 0 Å². The lowest BCUT2D eigenvalue weighted by Crippen LogP contribution is -2.21. The van der Waals surface area contributed by atoms with Crippen molar-refractivity contribution >= 4 is 23.2 Å². The molecule has 0 amide bonds. The van der Waals surface area contributed by atoms with E-state index in [9.17, 15) is 0 Å². The molecule has 1 heterocycles. The lowest BCUT2D eigenvalue weighted by molar-refractivity contribution is 0.507. The number of nitrogens with zero attached hydrogens (tertiary/aromatic N) is 2. The van der Waals surface area contributed by atoms with Crippen molar-refractivity contribution in [2.75, 3.05) is 6.54 Å². The third-order valence-electron chi connectivity index (χ3n) is 3.02. The molecule has 5 heteroatoms. The number of halogens is 2. The van der Waals surface area contributed by atoms with Crippen LogP contribution in [0.2, 0.25) is 10.0 Å². The SMILES string of the molecule is CC(NCCCn1cccn1)c1ccc(Cl)c(Cl)c1. The lowest BCUT2D eigenvalue weighted by atomic mass is 10.1. The van der Waals surface area contributed by atoms with Crippen molar-refractivity contribution in [1.82, 2.24) is 15.1 Å². The number of hydrogen-bond acceptors (Lipinski definition) is 2. The van der Waals surface area contributed by atoms with Gasteiger partial charge in [0.15, 0.2) is 0 Å². The van der Waals surface area contributed by atoms with Crippen LogP contribution >= 0.6 is 23.2 Å². The highest BCUT2D eigenvalue weighted by molar-refractivity contribution is 6.42. The summed E-state index contributed by atoms with van der Waals surface area (Å²) in [6.07, 6.45) is 4.81. The maximum atomic E-state index is 6.02. The van der Waals surface area contributed by atoms with E-state index in [1.165, 1.54) is 0 Å². The zero-order valence-electron chi connectivity index (χ0n) is 10.8. The number of benzene rings is 1. The third kappa shape index (κ3) is 4.23. The largest absolute Gasteiger partial charge is 0.310 e. The zero-order valence-corrected chi connectivity index (χ0v) is 12.3. The maximum Gasteiger partial charge on any atom is 0.0595 e. The van der Waals surface area contributed by atoms with Gasteiger partial charge in [0.05, 0.1) is 10.0 Å². The summed E-state index contributed by atoms with van der Waals surface area (Å²) < 4.78 is 1.94. The normalized spacial score (nSPS) is 12.6. The molecule has 1 atom stereocenters. The second-order valence-corrected chi connectivity index (χ2v) is 5.29. The fraction of sp³-hybridized carbons (Fsp3) is 0.357. The maximum absolute atomic E-state index is 6.02. The van der Waals surface area contributed by atoms with Gasteiger partial charge in [0.25, 0.3) is 0 Å². The van der Waals surface area contributed by atoms with Gasteiger partial charge in [0.2, 0.25) is 0 Å². The van der Waals surface area contributed by atoms with E-state index in [2.05, 4.69) is 17.3 Å². The molecule has 1 unspecified atom stereocenters. The highest BCUT2D eigenvalue weighted by Gasteiger charge is 2.06. The van der Waals surface area contributed by atoms with Crippen molar-refractivity contribution in [1.29, 1.82) is 0 Å². The minimum absolute atomic E-state index is 0.257. The second-order valence-electron chi connectivity index (χ2n) is 4.47. The Morgan fingerprint density at radius 2 is 2.16 bits per heavy atom. The summed E-state index contributed by atoms with van der Waals surface area (Å²) in [5, 5.41) is 8.83. The van der Waals surface area contributed by atoms with Crippen molar-refractivity contribution in [2.45, 2.75) is 25.9 Å². The van der Waals surface area contributed by atoms with Gasteiger partial charge < -0.3 is 5.32 Å². The smallest absolute Gasteiger partial charge is 0.0595 e. The van der Waals surface area contributed by atoms with Gasteiger partial charge in [-0.2, -0.15) is 5.10 Å². The summed E-state index contributed by atoms with van der Waals surface area (Å²) in [6, 6.07) is 7.94. The molecule has 0 aliphatic heterocycles. The molecule has 19 heavy (non-hydrogen) atoms. The van der Waals surface area contributed by atoms with E-state index in [1.807, 2.05) is 35.1 Å². The average Bonchev–Trinajstić information content (AvgIpc) is 2.91. The van der Waals surface area contributed by atoms with Crippen LogP contribution in [0.1, 0.15) is 24.9 Å². The second kappa shape index (κ2) is 6.94. The molecule has 3 nitrogen and oxygen atoms in total. The van der Waals surface area contributed by atoms with E-state index in [0.717, 1.165) is 25.1 Å². The van der Waals surface area contributed by atoms with E-state index in [4.69, 9.17) is 23.2 Å². The molecule has 0 fully saturated rings. The molecule has 0 aliphatic carbocycles. The standard InChI is InChI=1S/C14H17Cl2N3/c1-11(12-4-5-13(15)14(16)10-12)17-6-2-8-19-9-3-7-18-19/h3-5,7,9-11,17H,2,6,8H2,1H3. The van der Waals surface area contributed by atoms with Gasteiger partial charge in [-0.05, 0) is 43.7 Å². The monoisotopic (exact) mass is 297 g/mol. The fourth-order valence-corrected chi connectivity index (χ4v) is 2.20. The quantitative estimate of drug-likeness (QED) is 0.819. The molecule has 1 aromatic carbocycles. The summed E-state index contributed by atoms with van der Waals surface area (Å²) in [4.78, 5) is 0. The van der Waals surface area contributed by atoms with Gasteiger partial charge in [0, 0.05) is 25.0 Å². The van der Waals surface area contributed by atoms with E-state index in [0.29, 0.717) is 10.0 Å². The first-order chi connectivity index (χ1) is 9.16. The van der Waals surface area contributed by atoms with Gasteiger partial charge in [-0.15, -0.1) is 0 Å². The highest BCUT2D eigenvalue weighted by atomic mass is 35.5. The van der Waals surface area contributed by atoms with Gasteiger partial charge in [0.1, 0.15) is 0 Å². The minimum Gasteiger partial charge on any atom is -0.310 e. The first-order valence-electron chi connectivity index (χ1n) is 6.32. The van der Waals surface area contributed by atoms with Gasteiger partial charge >= 0.3 is 0 Å². The Bertz CT molecular complexity index is 511. The number of aryl methyl sites for hydroxylation is 1. The Morgan fingerprint density at radius 3 is 2.84 bits per heavy atom. The Morgan fingerprint density at radius 1 is 1.32 bits per heavy atom. The summed E-state index contributed by atoms with van der Waals surface area (Å²) in [7, 11) is 0. The number of aromatic nitrogens is 2. The molecule has 2 rings (SSSR count). The number of hydrogen-bond donors (Lipinski definition) is 1. The molecule has 1 N–H and O–H groups in total. The van der Waals surface area contributed by atoms with Crippen LogP contribution in [0.4, 0.5) is 0 Å². The highest BCUT2D eigenvalue weighted by Crippen LogP contribution is 2.25. The van der Waals surface area contributed by atoms with Crippen molar-refractivity contribution in [3.63, 3.8) is 0 Å². The van der Waals surface area contributed by atoms with Crippen LogP contribution in [0.5, 0.6) is 0 Å². The predicted octanol–water partition coefficient (Wildman–Crippen LogP) is 3.93. The Balaban J connectivity index is 1.77. The molecule has 0 spiro atoms. The van der Waals surface area contributed by atoms with Crippen molar-refractivity contribution < 1.29 is 0 Å². The van der Waals surface area contributed by atoms with Crippen LogP contribution in [-0.4, -0.2) is 16.3 Å². The Labute approximate surface area is 123 Å². The molecular formula is C14H17Cl2N3. The molecule has 1 aromatic heterocycles. The van der Waals surface area contributed by atoms with Crippen LogP contribution in [0.25, 0.3) is 0 Å². The zero-order chi connectivity index (χ0) is 13.7. The summed E-state index contributed by atoms with van der Waals surface area (Å²) in [5.41, 5.74) is 1.15. The van der Waals surface area contributed by atoms with Crippen molar-refractivity contribution in [2.24, 2.45) is 0 Å². The Kier molecular flexibility index (Phi) is 5.25. The number of nitrogens with one attached hydrogen (secondary N) is 1. The molecule has 0 radical (unpaired) electrons. The minimum atomic E-state index is 0.257. The molecule has 0 saturated heterocycles. The van der Waals surface area contributed by atoms with Crippen LogP contribution in [-0.2, 0) is 6.54 Å². The van der Waals surface area contributed by atoms with Crippen LogP contribution in [0, 0.1) is 0 Å². The third-order valence-corrected chi connectivity index (χ3v) is 3.76. The van der Waals surface area contributed by atoms with E-state index >= 15 is 0 Å². The molecule has 102 valence electrons. The predicted molar refractivity (Wildman–Crippen MR) is 79.7 cm³/mol. The summed E-state index contributed by atoms with van der Waals surface area (Å²) in [6.45, 7) is 3.98. The lowest BCUT2D eigenvalue weighted by Gasteiger charge is -2.15. The van der Waals surface area contributed by atoms with Gasteiger partial charge in [-0.25, -0.2) is 0 Å². The fourth-order valence-electron chi connectivity index (χ4n) is 1.89. The molecule has 2 aromatic rings. The average molecular weight is 298 g/mol. The topological polar surface area (TPSA) is 29.9 Å². The summed E-state index contributed by atoms with van der Waals surface area (Å²) >= 11 is 11.9. The van der Waals surface area contributed by atoms with Gasteiger partial charge in [-0.1, -0.05) is 29.3 Å². The van der Waals surface area contributed by atoms with Crippen LogP contribution < -0.4 is 5.32 Å². The molecule has 0 aliphatic rings. The van der Waals surface area contributed by atoms with Crippen LogP contribution in [0.15, 0.2) is 36.7 Å². The van der Waals surface area contributed by atoms with Gasteiger partial charge in [-0.3, -0.25) is 4.68 Å². The van der Waals surface area contributed by atoms with E-state index in [-0.39, 0.29) is 6.04 Å². The molecule has 0 saturated carbocycles. The summed E-state index contributed by atoms with van der Waals surface area (Å²) in [5.74, 6) is 0. The first kappa shape index (κ1) is 14.4. The first-order valence-corrected chi connectivity index (χ1v) is 7.08. The van der Waals surface area contributed by atoms with Crippen LogP contribution in [0.3, 0.4) is 0 Å². The Hall–Kier alpha value is -1.03. The molecule has 0 bridgehead atoms. The van der Waals surface area contributed by atoms with E-state index in [1.54, 1.807) is 6.20 Å².